The first-order valence-corrected chi connectivity index (χ1v) is 6.75. The molecule has 2 rings (SSSR count). The van der Waals surface area contributed by atoms with Crippen molar-refractivity contribution < 1.29 is 9.53 Å². The molecule has 0 heterocycles. The summed E-state index contributed by atoms with van der Waals surface area (Å²) in [4.78, 5) is 15.7. The van der Waals surface area contributed by atoms with Gasteiger partial charge in [-0.25, -0.2) is 0 Å². The Bertz CT molecular complexity index is 621. The Balaban J connectivity index is 2.40. The Morgan fingerprint density at radius 1 is 0.952 bits per heavy atom. The topological polar surface area (TPSA) is 32.8 Å². The minimum atomic E-state index is -0.0409. The zero-order valence-corrected chi connectivity index (χ0v) is 12.8. The fraction of sp³-hybridized carbons (Fsp3) is 0.235. The highest BCUT2D eigenvalue weighted by Crippen LogP contribution is 2.29. The summed E-state index contributed by atoms with van der Waals surface area (Å²) in [6, 6.07) is 15.3. The fourth-order valence-electron chi connectivity index (χ4n) is 2.16. The molecule has 0 bridgehead atoms. The molecular formula is C17H20N2O2. The van der Waals surface area contributed by atoms with Gasteiger partial charge in [-0.1, -0.05) is 6.07 Å². The van der Waals surface area contributed by atoms with Crippen LogP contribution in [0.4, 0.5) is 17.1 Å². The summed E-state index contributed by atoms with van der Waals surface area (Å²) in [5.41, 5.74) is 2.72. The standard InChI is InChI=1S/C17H20N2O2/c1-13(20)19(16-6-5-7-17(12-16)21-4)15-10-8-14(9-11-15)18(2)3/h5-12H,1-4H3. The van der Waals surface area contributed by atoms with Gasteiger partial charge >= 0.3 is 0 Å². The fourth-order valence-corrected chi connectivity index (χ4v) is 2.16. The second kappa shape index (κ2) is 6.31. The molecule has 110 valence electrons. The molecule has 0 unspecified atom stereocenters. The molecule has 0 aliphatic heterocycles. The first-order chi connectivity index (χ1) is 10.0. The van der Waals surface area contributed by atoms with Crippen LogP contribution in [0.25, 0.3) is 0 Å². The third-order valence-electron chi connectivity index (χ3n) is 3.25. The average molecular weight is 284 g/mol. The maximum atomic E-state index is 12.0. The van der Waals surface area contributed by atoms with Crippen LogP contribution in [0.5, 0.6) is 5.75 Å². The molecule has 1 amide bonds. The molecule has 0 aromatic heterocycles. The zero-order valence-electron chi connectivity index (χ0n) is 12.8. The number of anilines is 3. The van der Waals surface area contributed by atoms with Gasteiger partial charge in [0.15, 0.2) is 0 Å². The maximum Gasteiger partial charge on any atom is 0.228 e. The second-order valence-electron chi connectivity index (χ2n) is 4.97. The van der Waals surface area contributed by atoms with Crippen molar-refractivity contribution in [1.29, 1.82) is 0 Å². The SMILES string of the molecule is COc1cccc(N(C(C)=O)c2ccc(N(C)C)cc2)c1. The summed E-state index contributed by atoms with van der Waals surface area (Å²) in [5, 5.41) is 0. The van der Waals surface area contributed by atoms with Gasteiger partial charge in [-0.05, 0) is 36.4 Å². The second-order valence-corrected chi connectivity index (χ2v) is 4.97. The van der Waals surface area contributed by atoms with Crippen LogP contribution < -0.4 is 14.5 Å². The molecule has 0 saturated carbocycles. The van der Waals surface area contributed by atoms with E-state index in [0.717, 1.165) is 22.8 Å². The van der Waals surface area contributed by atoms with E-state index in [1.165, 1.54) is 0 Å². The molecule has 0 aliphatic rings. The molecular weight excluding hydrogens is 264 g/mol. The van der Waals surface area contributed by atoms with Crippen molar-refractivity contribution in [1.82, 2.24) is 0 Å². The van der Waals surface area contributed by atoms with Crippen LogP contribution in [0.2, 0.25) is 0 Å². The minimum absolute atomic E-state index is 0.0409. The molecule has 0 spiro atoms. The van der Waals surface area contributed by atoms with E-state index < -0.39 is 0 Å². The molecule has 21 heavy (non-hydrogen) atoms. The van der Waals surface area contributed by atoms with Crippen molar-refractivity contribution in [3.63, 3.8) is 0 Å². The van der Waals surface area contributed by atoms with Gasteiger partial charge in [0.05, 0.1) is 12.8 Å². The van der Waals surface area contributed by atoms with Crippen molar-refractivity contribution >= 4 is 23.0 Å². The highest BCUT2D eigenvalue weighted by molar-refractivity contribution is 5.99. The molecule has 0 N–H and O–H groups in total. The molecule has 2 aromatic carbocycles. The highest BCUT2D eigenvalue weighted by Gasteiger charge is 2.14. The van der Waals surface area contributed by atoms with Gasteiger partial charge in [0.25, 0.3) is 0 Å². The lowest BCUT2D eigenvalue weighted by atomic mass is 10.2. The van der Waals surface area contributed by atoms with E-state index >= 15 is 0 Å². The number of hydrogen-bond acceptors (Lipinski definition) is 3. The van der Waals surface area contributed by atoms with Crippen LogP contribution in [-0.2, 0) is 4.79 Å². The van der Waals surface area contributed by atoms with Crippen molar-refractivity contribution in [2.24, 2.45) is 0 Å². The lowest BCUT2D eigenvalue weighted by Crippen LogP contribution is -2.22. The molecule has 0 aliphatic carbocycles. The Hall–Kier alpha value is -2.49. The van der Waals surface area contributed by atoms with Crippen LogP contribution in [0.3, 0.4) is 0 Å². The molecule has 0 fully saturated rings. The molecule has 2 aromatic rings. The van der Waals surface area contributed by atoms with Gasteiger partial charge in [-0.3, -0.25) is 9.69 Å². The summed E-state index contributed by atoms with van der Waals surface area (Å²) in [7, 11) is 5.59. The number of amides is 1. The Morgan fingerprint density at radius 2 is 1.57 bits per heavy atom. The summed E-state index contributed by atoms with van der Waals surface area (Å²) < 4.78 is 5.23. The Labute approximate surface area is 125 Å². The quantitative estimate of drug-likeness (QED) is 0.862. The number of nitrogens with zero attached hydrogens (tertiary/aromatic N) is 2. The van der Waals surface area contributed by atoms with E-state index in [-0.39, 0.29) is 5.91 Å². The van der Waals surface area contributed by atoms with Crippen molar-refractivity contribution in [2.45, 2.75) is 6.92 Å². The van der Waals surface area contributed by atoms with Gasteiger partial charge in [-0.2, -0.15) is 0 Å². The molecule has 0 atom stereocenters. The van der Waals surface area contributed by atoms with E-state index in [4.69, 9.17) is 4.74 Å². The maximum absolute atomic E-state index is 12.0. The number of carbonyl (C=O) groups excluding carboxylic acids is 1. The van der Waals surface area contributed by atoms with Crippen LogP contribution >= 0.6 is 0 Å². The minimum Gasteiger partial charge on any atom is -0.497 e. The van der Waals surface area contributed by atoms with Crippen molar-refractivity contribution in [3.8, 4) is 5.75 Å². The molecule has 0 radical (unpaired) electrons. The largest absolute Gasteiger partial charge is 0.497 e. The number of rotatable bonds is 4. The third-order valence-corrected chi connectivity index (χ3v) is 3.25. The van der Waals surface area contributed by atoms with Gasteiger partial charge in [-0.15, -0.1) is 0 Å². The summed E-state index contributed by atoms with van der Waals surface area (Å²) in [5.74, 6) is 0.685. The third kappa shape index (κ3) is 3.34. The lowest BCUT2D eigenvalue weighted by Gasteiger charge is -2.23. The van der Waals surface area contributed by atoms with Gasteiger partial charge in [0, 0.05) is 38.5 Å². The molecule has 4 nitrogen and oxygen atoms in total. The number of carbonyl (C=O) groups is 1. The Morgan fingerprint density at radius 3 is 2.10 bits per heavy atom. The Kier molecular flexibility index (Phi) is 4.48. The normalized spacial score (nSPS) is 10.1. The first kappa shape index (κ1) is 14.9. The van der Waals surface area contributed by atoms with E-state index in [1.807, 2.05) is 67.5 Å². The predicted octanol–water partition coefficient (Wildman–Crippen LogP) is 3.45. The number of methoxy groups -OCH3 is 1. The van der Waals surface area contributed by atoms with Crippen molar-refractivity contribution in [2.75, 3.05) is 31.0 Å². The van der Waals surface area contributed by atoms with Crippen LogP contribution in [-0.4, -0.2) is 27.1 Å². The zero-order chi connectivity index (χ0) is 15.4. The average Bonchev–Trinajstić information content (AvgIpc) is 2.48. The number of benzene rings is 2. The van der Waals surface area contributed by atoms with Crippen LogP contribution in [0.15, 0.2) is 48.5 Å². The highest BCUT2D eigenvalue weighted by atomic mass is 16.5. The molecule has 4 heteroatoms. The lowest BCUT2D eigenvalue weighted by molar-refractivity contribution is -0.115. The number of hydrogen-bond donors (Lipinski definition) is 0. The van der Waals surface area contributed by atoms with E-state index in [9.17, 15) is 4.79 Å². The smallest absolute Gasteiger partial charge is 0.228 e. The van der Waals surface area contributed by atoms with Crippen LogP contribution in [0.1, 0.15) is 6.92 Å². The monoisotopic (exact) mass is 284 g/mol. The summed E-state index contributed by atoms with van der Waals surface area (Å²) in [6.45, 7) is 1.55. The molecule has 0 saturated heterocycles. The van der Waals surface area contributed by atoms with E-state index in [2.05, 4.69) is 0 Å². The van der Waals surface area contributed by atoms with Gasteiger partial charge in [0.1, 0.15) is 5.75 Å². The summed E-state index contributed by atoms with van der Waals surface area (Å²) >= 11 is 0. The van der Waals surface area contributed by atoms with Gasteiger partial charge in [0.2, 0.25) is 5.91 Å². The van der Waals surface area contributed by atoms with Gasteiger partial charge < -0.3 is 9.64 Å². The van der Waals surface area contributed by atoms with Crippen LogP contribution in [0, 0.1) is 0 Å². The summed E-state index contributed by atoms with van der Waals surface area (Å²) in [6.07, 6.45) is 0. The van der Waals surface area contributed by atoms with E-state index in [1.54, 1.807) is 18.9 Å². The predicted molar refractivity (Wildman–Crippen MR) is 86.6 cm³/mol. The van der Waals surface area contributed by atoms with E-state index in [0.29, 0.717) is 0 Å². The van der Waals surface area contributed by atoms with Crippen molar-refractivity contribution in [3.05, 3.63) is 48.5 Å². The first-order valence-electron chi connectivity index (χ1n) is 6.75. The number of ether oxygens (including phenoxy) is 1.